The highest BCUT2D eigenvalue weighted by atomic mass is 32.2. The van der Waals surface area contributed by atoms with E-state index in [0.29, 0.717) is 12.2 Å². The second-order valence-electron chi connectivity index (χ2n) is 5.48. The fourth-order valence-electron chi connectivity index (χ4n) is 2.35. The van der Waals surface area contributed by atoms with E-state index in [1.807, 2.05) is 39.0 Å². The monoisotopic (exact) mass is 326 g/mol. The number of carbonyl (C=O) groups is 1. The minimum Gasteiger partial charge on any atom is -0.354 e. The van der Waals surface area contributed by atoms with E-state index in [0.717, 1.165) is 18.4 Å². The molecule has 1 amide bonds. The first-order chi connectivity index (χ1) is 10.3. The molecule has 0 aliphatic rings. The van der Waals surface area contributed by atoms with Crippen molar-refractivity contribution in [2.75, 3.05) is 23.7 Å². The molecule has 0 heterocycles. The Labute approximate surface area is 133 Å². The van der Waals surface area contributed by atoms with Gasteiger partial charge in [0.1, 0.15) is 0 Å². The fourth-order valence-corrected chi connectivity index (χ4v) is 3.27. The average Bonchev–Trinajstić information content (AvgIpc) is 2.43. The SMILES string of the molecule is CCC(CC)C(=O)NCCN(c1cccc(C)c1)S(C)(=O)=O. The lowest BCUT2D eigenvalue weighted by Crippen LogP contribution is -2.39. The zero-order chi connectivity index (χ0) is 16.8. The number of hydrogen-bond acceptors (Lipinski definition) is 3. The van der Waals surface area contributed by atoms with Crippen LogP contribution in [0.1, 0.15) is 32.3 Å². The predicted molar refractivity (Wildman–Crippen MR) is 90.5 cm³/mol. The quantitative estimate of drug-likeness (QED) is 0.797. The molecule has 1 N–H and O–H groups in total. The van der Waals surface area contributed by atoms with Gasteiger partial charge in [-0.15, -0.1) is 0 Å². The van der Waals surface area contributed by atoms with E-state index in [1.165, 1.54) is 10.6 Å². The van der Waals surface area contributed by atoms with Crippen molar-refractivity contribution in [1.29, 1.82) is 0 Å². The number of benzene rings is 1. The van der Waals surface area contributed by atoms with E-state index >= 15 is 0 Å². The molecule has 0 aliphatic carbocycles. The van der Waals surface area contributed by atoms with E-state index in [2.05, 4.69) is 5.32 Å². The average molecular weight is 326 g/mol. The molecule has 0 saturated heterocycles. The van der Waals surface area contributed by atoms with Crippen molar-refractivity contribution in [3.63, 3.8) is 0 Å². The summed E-state index contributed by atoms with van der Waals surface area (Å²) in [6.07, 6.45) is 2.75. The number of aryl methyl sites for hydroxylation is 1. The van der Waals surface area contributed by atoms with Crippen LogP contribution in [0.2, 0.25) is 0 Å². The molecule has 0 radical (unpaired) electrons. The number of nitrogens with zero attached hydrogens (tertiary/aromatic N) is 1. The summed E-state index contributed by atoms with van der Waals surface area (Å²) < 4.78 is 25.3. The molecule has 22 heavy (non-hydrogen) atoms. The smallest absolute Gasteiger partial charge is 0.232 e. The summed E-state index contributed by atoms with van der Waals surface area (Å²) in [6, 6.07) is 7.32. The highest BCUT2D eigenvalue weighted by Crippen LogP contribution is 2.18. The zero-order valence-electron chi connectivity index (χ0n) is 13.8. The maximum absolute atomic E-state index is 12.0. The Bertz CT molecular complexity index is 595. The Balaban J connectivity index is 2.75. The molecule has 1 rings (SSSR count). The molecule has 0 aromatic heterocycles. The van der Waals surface area contributed by atoms with Crippen molar-refractivity contribution in [3.05, 3.63) is 29.8 Å². The maximum atomic E-state index is 12.0. The number of sulfonamides is 1. The lowest BCUT2D eigenvalue weighted by molar-refractivity contribution is -0.125. The number of hydrogen-bond donors (Lipinski definition) is 1. The highest BCUT2D eigenvalue weighted by molar-refractivity contribution is 7.92. The van der Waals surface area contributed by atoms with Crippen molar-refractivity contribution < 1.29 is 13.2 Å². The van der Waals surface area contributed by atoms with Gasteiger partial charge in [-0.2, -0.15) is 0 Å². The molecule has 0 saturated carbocycles. The first-order valence-corrected chi connectivity index (χ1v) is 9.46. The summed E-state index contributed by atoms with van der Waals surface area (Å²) in [7, 11) is -3.38. The first-order valence-electron chi connectivity index (χ1n) is 7.61. The second kappa shape index (κ2) is 8.17. The molecule has 1 aromatic rings. The minimum absolute atomic E-state index is 0.00865. The van der Waals surface area contributed by atoms with E-state index in [4.69, 9.17) is 0 Å². The molecule has 0 fully saturated rings. The van der Waals surface area contributed by atoms with Gasteiger partial charge in [-0.25, -0.2) is 8.42 Å². The Hall–Kier alpha value is -1.56. The number of carbonyl (C=O) groups excluding carboxylic acids is 1. The van der Waals surface area contributed by atoms with Crippen LogP contribution in [0.4, 0.5) is 5.69 Å². The van der Waals surface area contributed by atoms with Crippen LogP contribution in [0.3, 0.4) is 0 Å². The molecule has 0 atom stereocenters. The summed E-state index contributed by atoms with van der Waals surface area (Å²) in [4.78, 5) is 11.9. The zero-order valence-corrected chi connectivity index (χ0v) is 14.6. The molecule has 1 aromatic carbocycles. The molecule has 0 spiro atoms. The summed E-state index contributed by atoms with van der Waals surface area (Å²) in [5, 5.41) is 2.83. The predicted octanol–water partition coefficient (Wildman–Crippen LogP) is 2.31. The Kier molecular flexibility index (Phi) is 6.87. The molecular formula is C16H26N2O3S. The third kappa shape index (κ3) is 5.33. The van der Waals surface area contributed by atoms with Crippen LogP contribution >= 0.6 is 0 Å². The Morgan fingerprint density at radius 3 is 2.41 bits per heavy atom. The third-order valence-electron chi connectivity index (χ3n) is 3.66. The minimum atomic E-state index is -3.38. The summed E-state index contributed by atoms with van der Waals surface area (Å²) in [5.74, 6) is -0.0200. The summed E-state index contributed by atoms with van der Waals surface area (Å²) >= 11 is 0. The van der Waals surface area contributed by atoms with Crippen molar-refractivity contribution >= 4 is 21.6 Å². The van der Waals surface area contributed by atoms with Gasteiger partial charge in [0.05, 0.1) is 18.5 Å². The van der Waals surface area contributed by atoms with Crippen LogP contribution in [-0.2, 0) is 14.8 Å². The van der Waals surface area contributed by atoms with Gasteiger partial charge in [0.25, 0.3) is 0 Å². The largest absolute Gasteiger partial charge is 0.354 e. The molecule has 0 unspecified atom stereocenters. The van der Waals surface area contributed by atoms with Gasteiger partial charge in [-0.05, 0) is 37.5 Å². The molecule has 5 nitrogen and oxygen atoms in total. The third-order valence-corrected chi connectivity index (χ3v) is 4.85. The number of nitrogens with one attached hydrogen (secondary N) is 1. The maximum Gasteiger partial charge on any atom is 0.232 e. The van der Waals surface area contributed by atoms with Crippen LogP contribution in [0, 0.1) is 12.8 Å². The van der Waals surface area contributed by atoms with Crippen molar-refractivity contribution in [1.82, 2.24) is 5.32 Å². The summed E-state index contributed by atoms with van der Waals surface area (Å²) in [6.45, 7) is 6.40. The van der Waals surface area contributed by atoms with Crippen LogP contribution in [0.15, 0.2) is 24.3 Å². The highest BCUT2D eigenvalue weighted by Gasteiger charge is 2.18. The number of rotatable bonds is 8. The first kappa shape index (κ1) is 18.5. The number of anilines is 1. The molecule has 0 bridgehead atoms. The second-order valence-corrected chi connectivity index (χ2v) is 7.39. The lowest BCUT2D eigenvalue weighted by atomic mass is 10.0. The van der Waals surface area contributed by atoms with E-state index < -0.39 is 10.0 Å². The van der Waals surface area contributed by atoms with E-state index in [1.54, 1.807) is 6.07 Å². The van der Waals surface area contributed by atoms with Crippen molar-refractivity contribution in [2.45, 2.75) is 33.6 Å². The molecule has 6 heteroatoms. The van der Waals surface area contributed by atoms with E-state index in [9.17, 15) is 13.2 Å². The molecular weight excluding hydrogens is 300 g/mol. The van der Waals surface area contributed by atoms with E-state index in [-0.39, 0.29) is 18.4 Å². The lowest BCUT2D eigenvalue weighted by Gasteiger charge is -2.23. The van der Waals surface area contributed by atoms with Crippen molar-refractivity contribution in [2.24, 2.45) is 5.92 Å². The Morgan fingerprint density at radius 1 is 1.27 bits per heavy atom. The van der Waals surface area contributed by atoms with Gasteiger partial charge in [-0.3, -0.25) is 9.10 Å². The van der Waals surface area contributed by atoms with Crippen LogP contribution in [0.5, 0.6) is 0 Å². The van der Waals surface area contributed by atoms with Gasteiger partial charge < -0.3 is 5.32 Å². The van der Waals surface area contributed by atoms with Crippen molar-refractivity contribution in [3.8, 4) is 0 Å². The molecule has 0 aliphatic heterocycles. The summed E-state index contributed by atoms with van der Waals surface area (Å²) in [5.41, 5.74) is 1.62. The van der Waals surface area contributed by atoms with Gasteiger partial charge >= 0.3 is 0 Å². The van der Waals surface area contributed by atoms with Crippen LogP contribution in [-0.4, -0.2) is 33.7 Å². The normalized spacial score (nSPS) is 11.5. The van der Waals surface area contributed by atoms with Crippen LogP contribution < -0.4 is 9.62 Å². The standard InChI is InChI=1S/C16H26N2O3S/c1-5-14(6-2)16(19)17-10-11-18(22(4,20)21)15-9-7-8-13(3)12-15/h7-9,12,14H,5-6,10-11H2,1-4H3,(H,17,19). The Morgan fingerprint density at radius 2 is 1.91 bits per heavy atom. The van der Waals surface area contributed by atoms with Gasteiger partial charge in [0.2, 0.25) is 15.9 Å². The molecule has 124 valence electrons. The fraction of sp³-hybridized carbons (Fsp3) is 0.562. The topological polar surface area (TPSA) is 66.5 Å². The van der Waals surface area contributed by atoms with Gasteiger partial charge in [-0.1, -0.05) is 26.0 Å². The van der Waals surface area contributed by atoms with Crippen LogP contribution in [0.25, 0.3) is 0 Å². The van der Waals surface area contributed by atoms with Gasteiger partial charge in [0.15, 0.2) is 0 Å². The van der Waals surface area contributed by atoms with Gasteiger partial charge in [0, 0.05) is 12.5 Å². The number of amides is 1.